The minimum absolute atomic E-state index is 0.00953. The van der Waals surface area contributed by atoms with Crippen LogP contribution < -0.4 is 21.7 Å². The van der Waals surface area contributed by atoms with Gasteiger partial charge in [0.15, 0.2) is 0 Å². The number of hydrogen-bond acceptors (Lipinski definition) is 7. The average Bonchev–Trinajstić information content (AvgIpc) is 2.75. The molecule has 0 fully saturated rings. The highest BCUT2D eigenvalue weighted by Gasteiger charge is 2.33. The lowest BCUT2D eigenvalue weighted by molar-refractivity contribution is -0.143. The van der Waals surface area contributed by atoms with Crippen molar-refractivity contribution in [2.75, 3.05) is 0 Å². The molecule has 5 atom stereocenters. The SMILES string of the molecule is CC(C)C(NC(=O)C(CC(=O)O)NC(=O)C(N)C(C)O)C(=O)NC(Cc1ccccc1)C(=O)O. The van der Waals surface area contributed by atoms with E-state index in [1.54, 1.807) is 44.2 Å². The van der Waals surface area contributed by atoms with Crippen LogP contribution in [0.3, 0.4) is 0 Å². The van der Waals surface area contributed by atoms with Gasteiger partial charge in [-0.2, -0.15) is 0 Å². The Labute approximate surface area is 196 Å². The third kappa shape index (κ3) is 9.16. The largest absolute Gasteiger partial charge is 0.481 e. The fraction of sp³-hybridized carbons (Fsp3) is 0.500. The number of aliphatic hydroxyl groups excluding tert-OH is 1. The normalized spacial score (nSPS) is 15.4. The maximum Gasteiger partial charge on any atom is 0.326 e. The topological polar surface area (TPSA) is 208 Å². The average molecular weight is 481 g/mol. The predicted molar refractivity (Wildman–Crippen MR) is 120 cm³/mol. The molecule has 0 aliphatic carbocycles. The summed E-state index contributed by atoms with van der Waals surface area (Å²) in [6.07, 6.45) is -2.04. The summed E-state index contributed by atoms with van der Waals surface area (Å²) in [6.45, 7) is 4.46. The molecule has 0 saturated heterocycles. The molecule has 0 spiro atoms. The monoisotopic (exact) mass is 480 g/mol. The first kappa shape index (κ1) is 28.5. The lowest BCUT2D eigenvalue weighted by Gasteiger charge is -2.27. The molecule has 5 unspecified atom stereocenters. The quantitative estimate of drug-likeness (QED) is 0.177. The van der Waals surface area contributed by atoms with E-state index >= 15 is 0 Å². The van der Waals surface area contributed by atoms with Crippen molar-refractivity contribution in [3.05, 3.63) is 35.9 Å². The smallest absolute Gasteiger partial charge is 0.326 e. The van der Waals surface area contributed by atoms with Gasteiger partial charge in [0.05, 0.1) is 12.5 Å². The van der Waals surface area contributed by atoms with Crippen LogP contribution in [0.25, 0.3) is 0 Å². The number of carbonyl (C=O) groups excluding carboxylic acids is 3. The second-order valence-corrected chi connectivity index (χ2v) is 8.24. The number of benzene rings is 1. The molecular weight excluding hydrogens is 448 g/mol. The van der Waals surface area contributed by atoms with Gasteiger partial charge in [0.2, 0.25) is 17.7 Å². The number of carboxylic acids is 2. The van der Waals surface area contributed by atoms with E-state index in [1.165, 1.54) is 6.92 Å². The van der Waals surface area contributed by atoms with Gasteiger partial charge in [-0.25, -0.2) is 4.79 Å². The molecule has 1 rings (SSSR count). The molecule has 1 aromatic rings. The van der Waals surface area contributed by atoms with Gasteiger partial charge in [0.1, 0.15) is 24.2 Å². The van der Waals surface area contributed by atoms with Crippen molar-refractivity contribution in [2.24, 2.45) is 11.7 Å². The first-order valence-corrected chi connectivity index (χ1v) is 10.7. The standard InChI is InChI=1S/C22H32N4O8/c1-11(2)18(21(32)25-15(22(33)34)9-13-7-5-4-6-8-13)26-19(30)14(10-16(28)29)24-20(31)17(23)12(3)27/h4-8,11-12,14-15,17-18,27H,9-10,23H2,1-3H3,(H,24,31)(H,25,32)(H,26,30)(H,28,29)(H,33,34). The van der Waals surface area contributed by atoms with Crippen molar-refractivity contribution >= 4 is 29.7 Å². The summed E-state index contributed by atoms with van der Waals surface area (Å²) in [5, 5.41) is 35.0. The number of aliphatic hydroxyl groups is 1. The van der Waals surface area contributed by atoms with E-state index < -0.39 is 72.3 Å². The zero-order valence-electron chi connectivity index (χ0n) is 19.2. The molecule has 0 heterocycles. The Balaban J connectivity index is 2.98. The summed E-state index contributed by atoms with van der Waals surface area (Å²) < 4.78 is 0. The van der Waals surface area contributed by atoms with Crippen LogP contribution in [-0.2, 0) is 30.4 Å². The molecule has 34 heavy (non-hydrogen) atoms. The summed E-state index contributed by atoms with van der Waals surface area (Å²) >= 11 is 0. The number of amides is 3. The van der Waals surface area contributed by atoms with Gasteiger partial charge in [-0.15, -0.1) is 0 Å². The molecule has 188 valence electrons. The van der Waals surface area contributed by atoms with Gasteiger partial charge in [-0.1, -0.05) is 44.2 Å². The molecule has 3 amide bonds. The van der Waals surface area contributed by atoms with Gasteiger partial charge in [-0.3, -0.25) is 19.2 Å². The van der Waals surface area contributed by atoms with Gasteiger partial charge in [-0.05, 0) is 18.4 Å². The maximum atomic E-state index is 12.8. The van der Waals surface area contributed by atoms with Crippen LogP contribution in [0.5, 0.6) is 0 Å². The fourth-order valence-corrected chi connectivity index (χ4v) is 2.97. The maximum absolute atomic E-state index is 12.8. The molecule has 12 nitrogen and oxygen atoms in total. The highest BCUT2D eigenvalue weighted by Crippen LogP contribution is 2.08. The third-order valence-corrected chi connectivity index (χ3v) is 4.98. The van der Waals surface area contributed by atoms with Gasteiger partial charge < -0.3 is 37.0 Å². The van der Waals surface area contributed by atoms with E-state index in [2.05, 4.69) is 16.0 Å². The Morgan fingerprint density at radius 2 is 1.41 bits per heavy atom. The van der Waals surface area contributed by atoms with Gasteiger partial charge >= 0.3 is 11.9 Å². The van der Waals surface area contributed by atoms with Crippen molar-refractivity contribution < 1.29 is 39.3 Å². The summed E-state index contributed by atoms with van der Waals surface area (Å²) in [4.78, 5) is 60.6. The second kappa shape index (κ2) is 13.3. The summed E-state index contributed by atoms with van der Waals surface area (Å²) in [7, 11) is 0. The molecule has 0 aromatic heterocycles. The number of aliphatic carboxylic acids is 2. The molecule has 0 bridgehead atoms. The number of nitrogens with one attached hydrogen (secondary N) is 3. The molecule has 0 aliphatic heterocycles. The molecule has 0 saturated carbocycles. The van der Waals surface area contributed by atoms with E-state index in [0.717, 1.165) is 0 Å². The van der Waals surface area contributed by atoms with E-state index in [1.807, 2.05) is 0 Å². The summed E-state index contributed by atoms with van der Waals surface area (Å²) in [5.41, 5.74) is 6.20. The molecule has 12 heteroatoms. The Kier molecular flexibility index (Phi) is 11.1. The van der Waals surface area contributed by atoms with E-state index in [-0.39, 0.29) is 6.42 Å². The molecular formula is C22H32N4O8. The Bertz CT molecular complexity index is 875. The van der Waals surface area contributed by atoms with Crippen LogP contribution in [0, 0.1) is 5.92 Å². The van der Waals surface area contributed by atoms with Crippen LogP contribution in [-0.4, -0.2) is 75.3 Å². The Morgan fingerprint density at radius 1 is 0.853 bits per heavy atom. The third-order valence-electron chi connectivity index (χ3n) is 4.98. The van der Waals surface area contributed by atoms with Crippen LogP contribution in [0.1, 0.15) is 32.8 Å². The van der Waals surface area contributed by atoms with Crippen LogP contribution >= 0.6 is 0 Å². The molecule has 1 aromatic carbocycles. The highest BCUT2D eigenvalue weighted by molar-refractivity contribution is 5.95. The number of rotatable bonds is 13. The van der Waals surface area contributed by atoms with Gasteiger partial charge in [0.25, 0.3) is 0 Å². The minimum Gasteiger partial charge on any atom is -0.481 e. The van der Waals surface area contributed by atoms with E-state index in [4.69, 9.17) is 10.8 Å². The number of nitrogens with two attached hydrogens (primary N) is 1. The fourth-order valence-electron chi connectivity index (χ4n) is 2.97. The molecule has 0 radical (unpaired) electrons. The predicted octanol–water partition coefficient (Wildman–Crippen LogP) is -1.39. The number of hydrogen-bond donors (Lipinski definition) is 7. The highest BCUT2D eigenvalue weighted by atomic mass is 16.4. The number of carbonyl (C=O) groups is 5. The minimum atomic E-state index is -1.58. The first-order valence-electron chi connectivity index (χ1n) is 10.7. The van der Waals surface area contributed by atoms with E-state index in [0.29, 0.717) is 5.56 Å². The van der Waals surface area contributed by atoms with Crippen molar-refractivity contribution in [3.8, 4) is 0 Å². The first-order chi connectivity index (χ1) is 15.8. The van der Waals surface area contributed by atoms with Crippen molar-refractivity contribution in [1.29, 1.82) is 0 Å². The lowest BCUT2D eigenvalue weighted by Crippen LogP contribution is -2.59. The Hall–Kier alpha value is -3.51. The van der Waals surface area contributed by atoms with Crippen LogP contribution in [0.15, 0.2) is 30.3 Å². The van der Waals surface area contributed by atoms with Crippen molar-refractivity contribution in [3.63, 3.8) is 0 Å². The summed E-state index contributed by atoms with van der Waals surface area (Å²) in [5.74, 6) is -5.88. The Morgan fingerprint density at radius 3 is 1.88 bits per heavy atom. The zero-order chi connectivity index (χ0) is 26.0. The van der Waals surface area contributed by atoms with Crippen molar-refractivity contribution in [2.45, 2.75) is 63.9 Å². The van der Waals surface area contributed by atoms with Crippen LogP contribution in [0.2, 0.25) is 0 Å². The number of carboxylic acid groups (broad SMARTS) is 2. The second-order valence-electron chi connectivity index (χ2n) is 8.24. The van der Waals surface area contributed by atoms with Crippen LogP contribution in [0.4, 0.5) is 0 Å². The lowest BCUT2D eigenvalue weighted by atomic mass is 10.0. The van der Waals surface area contributed by atoms with Gasteiger partial charge in [0, 0.05) is 6.42 Å². The van der Waals surface area contributed by atoms with Crippen molar-refractivity contribution in [1.82, 2.24) is 16.0 Å². The molecule has 8 N–H and O–H groups in total. The van der Waals surface area contributed by atoms with E-state index in [9.17, 15) is 34.2 Å². The molecule has 0 aliphatic rings. The summed E-state index contributed by atoms with van der Waals surface area (Å²) in [6, 6.07) is 3.17. The zero-order valence-corrected chi connectivity index (χ0v) is 19.2.